The fourth-order valence-corrected chi connectivity index (χ4v) is 2.45. The second-order valence-corrected chi connectivity index (χ2v) is 5.05. The molecule has 1 N–H and O–H groups in total. The first kappa shape index (κ1) is 14.8. The number of carbonyl (C=O) groups excluding carboxylic acids is 2. The lowest BCUT2D eigenvalue weighted by Gasteiger charge is -2.18. The molecule has 0 bridgehead atoms. The summed E-state index contributed by atoms with van der Waals surface area (Å²) in [5.74, 6) is -0.537. The molecule has 5 nitrogen and oxygen atoms in total. The van der Waals surface area contributed by atoms with Crippen molar-refractivity contribution in [3.8, 4) is 0 Å². The molecule has 1 heterocycles. The van der Waals surface area contributed by atoms with Crippen molar-refractivity contribution in [3.05, 3.63) is 29.3 Å². The predicted octanol–water partition coefficient (Wildman–Crippen LogP) is 1.46. The first-order valence-electron chi connectivity index (χ1n) is 6.45. The number of amides is 2. The first-order valence-corrected chi connectivity index (χ1v) is 6.83. The molecule has 0 aromatic heterocycles. The van der Waals surface area contributed by atoms with E-state index in [0.717, 1.165) is 0 Å². The molecule has 20 heavy (non-hydrogen) atoms. The molecule has 2 amide bonds. The maximum atomic E-state index is 12.0. The highest BCUT2D eigenvalue weighted by Crippen LogP contribution is 2.30. The summed E-state index contributed by atoms with van der Waals surface area (Å²) in [6.45, 7) is 1.27. The largest absolute Gasteiger partial charge is 0.383 e. The van der Waals surface area contributed by atoms with Crippen LogP contribution in [0.15, 0.2) is 24.3 Å². The Kier molecular flexibility index (Phi) is 4.98. The Labute approximate surface area is 122 Å². The van der Waals surface area contributed by atoms with Crippen LogP contribution in [-0.2, 0) is 14.3 Å². The van der Waals surface area contributed by atoms with Gasteiger partial charge in [-0.2, -0.15) is 0 Å². The van der Waals surface area contributed by atoms with Crippen LogP contribution in [0.1, 0.15) is 6.42 Å². The molecule has 108 valence electrons. The number of nitrogens with one attached hydrogen (secondary N) is 1. The number of halogens is 1. The Balaban J connectivity index is 2.00. The fraction of sp³-hybridized carbons (Fsp3) is 0.429. The molecule has 0 aliphatic carbocycles. The number of carbonyl (C=O) groups is 2. The number of para-hydroxylation sites is 1. The highest BCUT2D eigenvalue weighted by atomic mass is 35.5. The normalized spacial score (nSPS) is 18.4. The van der Waals surface area contributed by atoms with Gasteiger partial charge in [0, 0.05) is 26.6 Å². The van der Waals surface area contributed by atoms with Crippen LogP contribution in [0.2, 0.25) is 5.02 Å². The Hall–Kier alpha value is -1.59. The minimum atomic E-state index is -0.337. The SMILES string of the molecule is COCCNC(=O)C1CC(=O)N(c2ccccc2Cl)C1. The van der Waals surface area contributed by atoms with Crippen molar-refractivity contribution in [2.24, 2.45) is 5.92 Å². The molecule has 1 saturated heterocycles. The number of nitrogens with zero attached hydrogens (tertiary/aromatic N) is 1. The van der Waals surface area contributed by atoms with Crippen molar-refractivity contribution >= 4 is 29.1 Å². The average Bonchev–Trinajstić information content (AvgIpc) is 2.81. The van der Waals surface area contributed by atoms with Gasteiger partial charge in [0.25, 0.3) is 0 Å². The predicted molar refractivity (Wildman–Crippen MR) is 76.8 cm³/mol. The number of ether oxygens (including phenoxy) is 1. The van der Waals surface area contributed by atoms with Crippen molar-refractivity contribution in [2.45, 2.75) is 6.42 Å². The van der Waals surface area contributed by atoms with Crippen LogP contribution in [0.3, 0.4) is 0 Å². The number of rotatable bonds is 5. The summed E-state index contributed by atoms with van der Waals surface area (Å²) < 4.78 is 4.87. The Morgan fingerprint density at radius 2 is 2.25 bits per heavy atom. The molecule has 0 spiro atoms. The second-order valence-electron chi connectivity index (χ2n) is 4.64. The molecule has 1 aromatic rings. The lowest BCUT2D eigenvalue weighted by atomic mass is 10.1. The zero-order valence-corrected chi connectivity index (χ0v) is 12.0. The molecular weight excluding hydrogens is 280 g/mol. The van der Waals surface area contributed by atoms with Crippen LogP contribution in [0.25, 0.3) is 0 Å². The first-order chi connectivity index (χ1) is 9.63. The summed E-state index contributed by atoms with van der Waals surface area (Å²) in [6, 6.07) is 7.14. The molecule has 1 aliphatic heterocycles. The zero-order valence-electron chi connectivity index (χ0n) is 11.3. The number of methoxy groups -OCH3 is 1. The van der Waals surface area contributed by atoms with E-state index in [2.05, 4.69) is 5.32 Å². The van der Waals surface area contributed by atoms with Gasteiger partial charge in [-0.15, -0.1) is 0 Å². The minimum absolute atomic E-state index is 0.0787. The molecule has 1 fully saturated rings. The van der Waals surface area contributed by atoms with Gasteiger partial charge in [-0.05, 0) is 12.1 Å². The van der Waals surface area contributed by atoms with E-state index in [-0.39, 0.29) is 24.2 Å². The van der Waals surface area contributed by atoms with Gasteiger partial charge in [-0.1, -0.05) is 23.7 Å². The third kappa shape index (κ3) is 3.29. The van der Waals surface area contributed by atoms with Gasteiger partial charge in [0.05, 0.1) is 23.2 Å². The van der Waals surface area contributed by atoms with Crippen LogP contribution in [0.4, 0.5) is 5.69 Å². The van der Waals surface area contributed by atoms with Gasteiger partial charge in [-0.3, -0.25) is 9.59 Å². The zero-order chi connectivity index (χ0) is 14.5. The smallest absolute Gasteiger partial charge is 0.227 e. The van der Waals surface area contributed by atoms with Crippen molar-refractivity contribution in [2.75, 3.05) is 31.7 Å². The van der Waals surface area contributed by atoms with Crippen LogP contribution >= 0.6 is 11.6 Å². The lowest BCUT2D eigenvalue weighted by Crippen LogP contribution is -2.34. The van der Waals surface area contributed by atoms with E-state index in [1.165, 1.54) is 0 Å². The number of anilines is 1. The van der Waals surface area contributed by atoms with Crippen LogP contribution < -0.4 is 10.2 Å². The molecule has 0 radical (unpaired) electrons. The molecule has 1 unspecified atom stereocenters. The fourth-order valence-electron chi connectivity index (χ4n) is 2.21. The molecule has 0 saturated carbocycles. The Morgan fingerprint density at radius 3 is 2.95 bits per heavy atom. The lowest BCUT2D eigenvalue weighted by molar-refractivity contribution is -0.126. The second kappa shape index (κ2) is 6.72. The molecule has 1 aliphatic rings. The van der Waals surface area contributed by atoms with Crippen LogP contribution in [-0.4, -0.2) is 38.6 Å². The summed E-state index contributed by atoms with van der Waals surface area (Å²) >= 11 is 6.09. The van der Waals surface area contributed by atoms with Crippen LogP contribution in [0.5, 0.6) is 0 Å². The Bertz CT molecular complexity index is 507. The van der Waals surface area contributed by atoms with Crippen molar-refractivity contribution < 1.29 is 14.3 Å². The van der Waals surface area contributed by atoms with Crippen molar-refractivity contribution in [3.63, 3.8) is 0 Å². The summed E-state index contributed by atoms with van der Waals surface area (Å²) in [5.41, 5.74) is 0.659. The van der Waals surface area contributed by atoms with E-state index in [0.29, 0.717) is 30.4 Å². The minimum Gasteiger partial charge on any atom is -0.383 e. The van der Waals surface area contributed by atoms with Gasteiger partial charge in [0.15, 0.2) is 0 Å². The highest BCUT2D eigenvalue weighted by molar-refractivity contribution is 6.33. The quantitative estimate of drug-likeness (QED) is 0.837. The van der Waals surface area contributed by atoms with E-state index < -0.39 is 0 Å². The summed E-state index contributed by atoms with van der Waals surface area (Å²) in [5, 5.41) is 3.27. The maximum absolute atomic E-state index is 12.0. The molecule has 1 atom stereocenters. The number of hydrogen-bond donors (Lipinski definition) is 1. The van der Waals surface area contributed by atoms with Gasteiger partial charge in [0.2, 0.25) is 11.8 Å². The van der Waals surface area contributed by atoms with Gasteiger partial charge < -0.3 is 15.0 Å². The molecule has 6 heteroatoms. The molecule has 2 rings (SSSR count). The van der Waals surface area contributed by atoms with E-state index in [1.54, 1.807) is 30.2 Å². The van der Waals surface area contributed by atoms with Crippen molar-refractivity contribution in [1.29, 1.82) is 0 Å². The topological polar surface area (TPSA) is 58.6 Å². The van der Waals surface area contributed by atoms with Gasteiger partial charge >= 0.3 is 0 Å². The number of benzene rings is 1. The van der Waals surface area contributed by atoms with Gasteiger partial charge in [-0.25, -0.2) is 0 Å². The van der Waals surface area contributed by atoms with Crippen LogP contribution in [0, 0.1) is 5.92 Å². The third-order valence-electron chi connectivity index (χ3n) is 3.24. The maximum Gasteiger partial charge on any atom is 0.227 e. The average molecular weight is 297 g/mol. The van der Waals surface area contributed by atoms with Gasteiger partial charge in [0.1, 0.15) is 0 Å². The summed E-state index contributed by atoms with van der Waals surface area (Å²) in [6.07, 6.45) is 0.212. The van der Waals surface area contributed by atoms with E-state index in [4.69, 9.17) is 16.3 Å². The molecular formula is C14H17ClN2O3. The Morgan fingerprint density at radius 1 is 1.50 bits per heavy atom. The van der Waals surface area contributed by atoms with E-state index in [1.807, 2.05) is 6.07 Å². The van der Waals surface area contributed by atoms with Crippen molar-refractivity contribution in [1.82, 2.24) is 5.32 Å². The monoisotopic (exact) mass is 296 g/mol. The van der Waals surface area contributed by atoms with E-state index >= 15 is 0 Å². The highest BCUT2D eigenvalue weighted by Gasteiger charge is 2.35. The number of hydrogen-bond acceptors (Lipinski definition) is 3. The summed E-state index contributed by atoms with van der Waals surface area (Å²) in [4.78, 5) is 25.6. The molecule has 1 aromatic carbocycles. The standard InChI is InChI=1S/C14H17ClN2O3/c1-20-7-6-16-14(19)10-8-13(18)17(9-10)12-5-3-2-4-11(12)15/h2-5,10H,6-9H2,1H3,(H,16,19). The third-order valence-corrected chi connectivity index (χ3v) is 3.56. The van der Waals surface area contributed by atoms with E-state index in [9.17, 15) is 9.59 Å². The summed E-state index contributed by atoms with van der Waals surface area (Å²) in [7, 11) is 1.57.